The van der Waals surface area contributed by atoms with E-state index in [4.69, 9.17) is 0 Å². The van der Waals surface area contributed by atoms with Gasteiger partial charge in [0.2, 0.25) is 0 Å². The molecule has 0 radical (unpaired) electrons. The summed E-state index contributed by atoms with van der Waals surface area (Å²) in [6, 6.07) is 2.31. The van der Waals surface area contributed by atoms with E-state index in [2.05, 4.69) is 4.74 Å². The van der Waals surface area contributed by atoms with Crippen LogP contribution in [0.4, 0.5) is 23.2 Å². The normalized spacial score (nSPS) is 11.2. The number of nitro groups is 1. The van der Waals surface area contributed by atoms with Gasteiger partial charge in [-0.25, -0.2) is 4.39 Å². The quantitative estimate of drug-likeness (QED) is 0.463. The molecule has 0 atom stereocenters. The molecule has 1 rings (SSSR count). The van der Waals surface area contributed by atoms with E-state index in [1.165, 1.54) is 0 Å². The Labute approximate surface area is 86.6 Å². The zero-order valence-electron chi connectivity index (χ0n) is 7.62. The highest BCUT2D eigenvalue weighted by molar-refractivity contribution is 5.44. The maximum atomic E-state index is 12.3. The monoisotopic (exact) mass is 239 g/mol. The van der Waals surface area contributed by atoms with Gasteiger partial charge in [0.1, 0.15) is 12.4 Å². The van der Waals surface area contributed by atoms with Crippen LogP contribution in [0.2, 0.25) is 0 Å². The minimum atomic E-state index is -5.01. The SMILES string of the molecule is O=[N+]([O-])c1ccc(CF)c(OC(F)(F)F)c1. The first kappa shape index (κ1) is 12.2. The molecule has 88 valence electrons. The Morgan fingerprint density at radius 2 is 2.00 bits per heavy atom. The van der Waals surface area contributed by atoms with Gasteiger partial charge in [-0.15, -0.1) is 13.2 Å². The van der Waals surface area contributed by atoms with Crippen LogP contribution in [0.5, 0.6) is 5.75 Å². The lowest BCUT2D eigenvalue weighted by Crippen LogP contribution is -2.18. The van der Waals surface area contributed by atoms with Crippen LogP contribution in [0.1, 0.15) is 5.56 Å². The zero-order valence-corrected chi connectivity index (χ0v) is 7.62. The Balaban J connectivity index is 3.12. The Morgan fingerprint density at radius 3 is 2.44 bits per heavy atom. The molecule has 0 aliphatic heterocycles. The van der Waals surface area contributed by atoms with Crippen molar-refractivity contribution < 1.29 is 27.2 Å². The van der Waals surface area contributed by atoms with Gasteiger partial charge in [-0.05, 0) is 6.07 Å². The molecule has 16 heavy (non-hydrogen) atoms. The Morgan fingerprint density at radius 1 is 1.38 bits per heavy atom. The Hall–Kier alpha value is -1.86. The summed E-state index contributed by atoms with van der Waals surface area (Å²) in [6.07, 6.45) is -5.01. The van der Waals surface area contributed by atoms with E-state index in [0.29, 0.717) is 6.07 Å². The summed E-state index contributed by atoms with van der Waals surface area (Å²) in [6.45, 7) is -1.20. The molecular weight excluding hydrogens is 234 g/mol. The van der Waals surface area contributed by atoms with Crippen molar-refractivity contribution in [3.63, 3.8) is 0 Å². The molecule has 0 heterocycles. The van der Waals surface area contributed by atoms with E-state index in [0.717, 1.165) is 12.1 Å². The molecule has 1 aromatic rings. The minimum Gasteiger partial charge on any atom is -0.405 e. The number of benzene rings is 1. The van der Waals surface area contributed by atoms with Crippen molar-refractivity contribution in [3.8, 4) is 5.75 Å². The number of nitro benzene ring substituents is 1. The minimum absolute atomic E-state index is 0.400. The number of ether oxygens (including phenoxy) is 1. The van der Waals surface area contributed by atoms with Crippen LogP contribution in [0.15, 0.2) is 18.2 Å². The molecule has 0 spiro atoms. The molecule has 0 bridgehead atoms. The Kier molecular flexibility index (Phi) is 3.31. The second-order valence-corrected chi connectivity index (χ2v) is 2.73. The van der Waals surface area contributed by atoms with Crippen LogP contribution in [-0.4, -0.2) is 11.3 Å². The number of hydrogen-bond acceptors (Lipinski definition) is 3. The molecule has 1 aromatic carbocycles. The fraction of sp³-hybridized carbons (Fsp3) is 0.250. The number of halogens is 4. The van der Waals surface area contributed by atoms with Gasteiger partial charge in [-0.1, -0.05) is 0 Å². The first-order valence-corrected chi connectivity index (χ1v) is 3.92. The summed E-state index contributed by atoms with van der Waals surface area (Å²) in [5, 5.41) is 10.3. The predicted octanol–water partition coefficient (Wildman–Crippen LogP) is 2.96. The third-order valence-corrected chi connectivity index (χ3v) is 1.63. The third kappa shape index (κ3) is 3.07. The number of hydrogen-bond donors (Lipinski definition) is 0. The first-order chi connectivity index (χ1) is 7.33. The molecule has 4 nitrogen and oxygen atoms in total. The van der Waals surface area contributed by atoms with Gasteiger partial charge in [-0.2, -0.15) is 0 Å². The molecule has 0 fully saturated rings. The summed E-state index contributed by atoms with van der Waals surface area (Å²) < 4.78 is 51.4. The highest BCUT2D eigenvalue weighted by atomic mass is 19.4. The van der Waals surface area contributed by atoms with Crippen molar-refractivity contribution in [2.45, 2.75) is 13.0 Å². The molecule has 0 unspecified atom stereocenters. The molecule has 0 aliphatic rings. The summed E-state index contributed by atoms with van der Waals surface area (Å²) in [4.78, 5) is 9.40. The van der Waals surface area contributed by atoms with Crippen LogP contribution >= 0.6 is 0 Å². The summed E-state index contributed by atoms with van der Waals surface area (Å²) in [7, 11) is 0. The maximum absolute atomic E-state index is 12.3. The molecule has 0 saturated heterocycles. The fourth-order valence-electron chi connectivity index (χ4n) is 0.987. The lowest BCUT2D eigenvalue weighted by molar-refractivity contribution is -0.385. The third-order valence-electron chi connectivity index (χ3n) is 1.63. The standard InChI is InChI=1S/C8H5F4NO3/c9-4-5-1-2-6(13(14)15)3-7(5)16-8(10,11)12/h1-3H,4H2. The number of alkyl halides is 4. The zero-order chi connectivity index (χ0) is 12.3. The maximum Gasteiger partial charge on any atom is 0.573 e. The van der Waals surface area contributed by atoms with Crippen molar-refractivity contribution in [2.24, 2.45) is 0 Å². The molecule has 0 aromatic heterocycles. The summed E-state index contributed by atoms with van der Waals surface area (Å²) >= 11 is 0. The smallest absolute Gasteiger partial charge is 0.405 e. The highest BCUT2D eigenvalue weighted by Gasteiger charge is 2.32. The van der Waals surface area contributed by atoms with Gasteiger partial charge in [-0.3, -0.25) is 10.1 Å². The first-order valence-electron chi connectivity index (χ1n) is 3.92. The van der Waals surface area contributed by atoms with Gasteiger partial charge in [0.25, 0.3) is 5.69 Å². The van der Waals surface area contributed by atoms with E-state index < -0.39 is 35.0 Å². The van der Waals surface area contributed by atoms with E-state index in [-0.39, 0.29) is 0 Å². The average molecular weight is 239 g/mol. The van der Waals surface area contributed by atoms with E-state index in [1.54, 1.807) is 0 Å². The van der Waals surface area contributed by atoms with Gasteiger partial charge in [0.05, 0.1) is 11.0 Å². The van der Waals surface area contributed by atoms with Crippen LogP contribution in [0.25, 0.3) is 0 Å². The van der Waals surface area contributed by atoms with Crippen LogP contribution in [0.3, 0.4) is 0 Å². The topological polar surface area (TPSA) is 52.4 Å². The number of rotatable bonds is 3. The lowest BCUT2D eigenvalue weighted by Gasteiger charge is -2.11. The van der Waals surface area contributed by atoms with E-state index >= 15 is 0 Å². The Bertz CT molecular complexity index is 405. The van der Waals surface area contributed by atoms with Gasteiger partial charge >= 0.3 is 6.36 Å². The summed E-state index contributed by atoms with van der Waals surface area (Å²) in [5.41, 5.74) is -1.00. The average Bonchev–Trinajstić information content (AvgIpc) is 2.15. The van der Waals surface area contributed by atoms with Gasteiger partial charge in [0.15, 0.2) is 0 Å². The van der Waals surface area contributed by atoms with Crippen LogP contribution in [-0.2, 0) is 6.67 Å². The summed E-state index contributed by atoms with van der Waals surface area (Å²) in [5.74, 6) is -0.899. The van der Waals surface area contributed by atoms with Crippen molar-refractivity contribution in [2.75, 3.05) is 0 Å². The van der Waals surface area contributed by atoms with Crippen molar-refractivity contribution in [1.29, 1.82) is 0 Å². The number of non-ortho nitro benzene ring substituents is 1. The van der Waals surface area contributed by atoms with Crippen LogP contribution in [0, 0.1) is 10.1 Å². The van der Waals surface area contributed by atoms with Crippen LogP contribution < -0.4 is 4.74 Å². The predicted molar refractivity (Wildman–Crippen MR) is 44.6 cm³/mol. The fourth-order valence-corrected chi connectivity index (χ4v) is 0.987. The van der Waals surface area contributed by atoms with Crippen molar-refractivity contribution in [1.82, 2.24) is 0 Å². The molecule has 8 heteroatoms. The molecular formula is C8H5F4NO3. The second kappa shape index (κ2) is 4.33. The van der Waals surface area contributed by atoms with Crippen molar-refractivity contribution >= 4 is 5.69 Å². The van der Waals surface area contributed by atoms with Gasteiger partial charge < -0.3 is 4.74 Å². The molecule has 0 aliphatic carbocycles. The highest BCUT2D eigenvalue weighted by Crippen LogP contribution is 2.30. The molecule has 0 N–H and O–H groups in total. The van der Waals surface area contributed by atoms with Gasteiger partial charge in [0, 0.05) is 11.6 Å². The lowest BCUT2D eigenvalue weighted by atomic mass is 10.2. The second-order valence-electron chi connectivity index (χ2n) is 2.73. The van der Waals surface area contributed by atoms with Crippen molar-refractivity contribution in [3.05, 3.63) is 33.9 Å². The van der Waals surface area contributed by atoms with E-state index in [1.807, 2.05) is 0 Å². The molecule has 0 saturated carbocycles. The number of nitrogens with zero attached hydrogens (tertiary/aromatic N) is 1. The molecule has 0 amide bonds. The van der Waals surface area contributed by atoms with E-state index in [9.17, 15) is 27.7 Å². The largest absolute Gasteiger partial charge is 0.573 e.